The Morgan fingerprint density at radius 3 is 3.00 bits per heavy atom. The Labute approximate surface area is 145 Å². The number of rotatable bonds is 4. The minimum absolute atomic E-state index is 0.0821. The Bertz CT molecular complexity index is 716. The van der Waals surface area contributed by atoms with Gasteiger partial charge in [0.25, 0.3) is 5.91 Å². The second-order valence-electron chi connectivity index (χ2n) is 5.71. The van der Waals surface area contributed by atoms with E-state index in [4.69, 9.17) is 11.6 Å². The molecule has 1 N–H and O–H groups in total. The predicted octanol–water partition coefficient (Wildman–Crippen LogP) is 3.60. The summed E-state index contributed by atoms with van der Waals surface area (Å²) in [5.74, 6) is 0.0821. The van der Waals surface area contributed by atoms with E-state index in [2.05, 4.69) is 17.2 Å². The van der Waals surface area contributed by atoms with Crippen molar-refractivity contribution in [3.63, 3.8) is 0 Å². The Kier molecular flexibility index (Phi) is 4.99. The quantitative estimate of drug-likeness (QED) is 0.917. The summed E-state index contributed by atoms with van der Waals surface area (Å²) in [5.41, 5.74) is 1.66. The number of likely N-dealkylation sites (tertiary alicyclic amines) is 1. The highest BCUT2D eigenvalue weighted by atomic mass is 35.5. The van der Waals surface area contributed by atoms with Gasteiger partial charge in [0, 0.05) is 24.7 Å². The summed E-state index contributed by atoms with van der Waals surface area (Å²) in [5, 5.41) is 4.88. The molecule has 0 bridgehead atoms. The molecule has 0 saturated carbocycles. The first-order valence-electron chi connectivity index (χ1n) is 7.85. The van der Waals surface area contributed by atoms with Crippen LogP contribution in [0.2, 0.25) is 5.02 Å². The van der Waals surface area contributed by atoms with Gasteiger partial charge in [-0.1, -0.05) is 36.7 Å². The fourth-order valence-corrected chi connectivity index (χ4v) is 4.24. The fraction of sp³-hybridized carbons (Fsp3) is 0.412. The third-order valence-electron chi connectivity index (χ3n) is 4.06. The molecule has 0 spiro atoms. The molecule has 1 aromatic carbocycles. The van der Waals surface area contributed by atoms with E-state index in [-0.39, 0.29) is 5.91 Å². The van der Waals surface area contributed by atoms with Gasteiger partial charge in [0.2, 0.25) is 0 Å². The zero-order valence-corrected chi connectivity index (χ0v) is 14.9. The Morgan fingerprint density at radius 2 is 2.26 bits per heavy atom. The Balaban J connectivity index is 1.82. The molecule has 1 aromatic heterocycles. The van der Waals surface area contributed by atoms with Crippen molar-refractivity contribution in [1.29, 1.82) is 0 Å². The fourth-order valence-electron chi connectivity index (χ4n) is 2.89. The van der Waals surface area contributed by atoms with Crippen molar-refractivity contribution in [2.24, 2.45) is 0 Å². The first-order chi connectivity index (χ1) is 11.1. The molecule has 1 atom stereocenters. The molecule has 1 amide bonds. The van der Waals surface area contributed by atoms with Crippen LogP contribution in [0.25, 0.3) is 10.6 Å². The predicted molar refractivity (Wildman–Crippen MR) is 95.3 cm³/mol. The largest absolute Gasteiger partial charge is 0.336 e. The van der Waals surface area contributed by atoms with E-state index in [0.29, 0.717) is 11.1 Å². The molecule has 2 aromatic rings. The van der Waals surface area contributed by atoms with Crippen molar-refractivity contribution >= 4 is 28.8 Å². The second-order valence-corrected chi connectivity index (χ2v) is 7.11. The van der Waals surface area contributed by atoms with E-state index in [9.17, 15) is 4.79 Å². The maximum atomic E-state index is 12.8. The van der Waals surface area contributed by atoms with Crippen LogP contribution in [0.15, 0.2) is 24.3 Å². The summed E-state index contributed by atoms with van der Waals surface area (Å²) < 4.78 is 0. The van der Waals surface area contributed by atoms with E-state index in [0.717, 1.165) is 47.2 Å². The minimum atomic E-state index is 0.0821. The van der Waals surface area contributed by atoms with Crippen LogP contribution in [0, 0.1) is 6.92 Å². The number of aromatic nitrogens is 1. The van der Waals surface area contributed by atoms with Crippen molar-refractivity contribution < 1.29 is 4.79 Å². The zero-order chi connectivity index (χ0) is 16.4. The number of nitrogens with zero attached hydrogens (tertiary/aromatic N) is 2. The molecular weight excluding hydrogens is 330 g/mol. The van der Waals surface area contributed by atoms with Crippen LogP contribution in [0.1, 0.15) is 28.7 Å². The van der Waals surface area contributed by atoms with Crippen LogP contribution >= 0.6 is 22.9 Å². The van der Waals surface area contributed by atoms with Gasteiger partial charge in [0.05, 0.1) is 10.7 Å². The van der Waals surface area contributed by atoms with Gasteiger partial charge < -0.3 is 10.2 Å². The van der Waals surface area contributed by atoms with Gasteiger partial charge in [-0.2, -0.15) is 0 Å². The maximum Gasteiger partial charge on any atom is 0.265 e. The van der Waals surface area contributed by atoms with Crippen molar-refractivity contribution in [1.82, 2.24) is 15.2 Å². The standard InChI is InChI=1S/C17H20ClN3OS/c1-3-19-12-8-9-21(10-12)17(22)15-11(2)20-16(23-15)13-6-4-5-7-14(13)18/h4-7,12,19H,3,8-10H2,1-2H3. The van der Waals surface area contributed by atoms with E-state index in [1.807, 2.05) is 36.1 Å². The van der Waals surface area contributed by atoms with Crippen LogP contribution in [-0.4, -0.2) is 41.5 Å². The summed E-state index contributed by atoms with van der Waals surface area (Å²) in [4.78, 5) is 20.0. The van der Waals surface area contributed by atoms with Gasteiger partial charge in [-0.25, -0.2) is 4.98 Å². The Morgan fingerprint density at radius 1 is 1.48 bits per heavy atom. The molecule has 4 nitrogen and oxygen atoms in total. The smallest absolute Gasteiger partial charge is 0.265 e. The number of carbonyl (C=O) groups is 1. The molecule has 6 heteroatoms. The highest BCUT2D eigenvalue weighted by Gasteiger charge is 2.29. The van der Waals surface area contributed by atoms with Crippen LogP contribution < -0.4 is 5.32 Å². The number of carbonyl (C=O) groups excluding carboxylic acids is 1. The van der Waals surface area contributed by atoms with Gasteiger partial charge in [-0.05, 0) is 26.0 Å². The van der Waals surface area contributed by atoms with Gasteiger partial charge in [0.15, 0.2) is 0 Å². The highest BCUT2D eigenvalue weighted by molar-refractivity contribution is 7.17. The second kappa shape index (κ2) is 6.99. The molecule has 1 aliphatic rings. The van der Waals surface area contributed by atoms with Crippen LogP contribution in [-0.2, 0) is 0 Å². The normalized spacial score (nSPS) is 17.7. The summed E-state index contributed by atoms with van der Waals surface area (Å²) in [6, 6.07) is 8.01. The molecule has 122 valence electrons. The topological polar surface area (TPSA) is 45.2 Å². The highest BCUT2D eigenvalue weighted by Crippen LogP contribution is 2.33. The lowest BCUT2D eigenvalue weighted by Gasteiger charge is -2.16. The molecule has 23 heavy (non-hydrogen) atoms. The number of hydrogen-bond acceptors (Lipinski definition) is 4. The molecule has 1 saturated heterocycles. The summed E-state index contributed by atoms with van der Waals surface area (Å²) in [6.07, 6.45) is 1.01. The number of nitrogens with one attached hydrogen (secondary N) is 1. The molecule has 1 aliphatic heterocycles. The lowest BCUT2D eigenvalue weighted by molar-refractivity contribution is 0.0793. The average molecular weight is 350 g/mol. The van der Waals surface area contributed by atoms with E-state index >= 15 is 0 Å². The SMILES string of the molecule is CCNC1CCN(C(=O)c2sc(-c3ccccc3Cl)nc2C)C1. The average Bonchev–Trinajstić information content (AvgIpc) is 3.14. The number of thiazole rings is 1. The summed E-state index contributed by atoms with van der Waals surface area (Å²) in [6.45, 7) is 6.49. The Hall–Kier alpha value is -1.43. The van der Waals surface area contributed by atoms with Crippen molar-refractivity contribution in [2.45, 2.75) is 26.3 Å². The third-order valence-corrected chi connectivity index (χ3v) is 5.57. The molecule has 0 radical (unpaired) electrons. The van der Waals surface area contributed by atoms with Crippen LogP contribution in [0.3, 0.4) is 0 Å². The molecule has 3 rings (SSSR count). The molecule has 2 heterocycles. The van der Waals surface area contributed by atoms with Crippen molar-refractivity contribution in [3.8, 4) is 10.6 Å². The van der Waals surface area contributed by atoms with E-state index in [1.54, 1.807) is 0 Å². The molecule has 1 unspecified atom stereocenters. The number of amides is 1. The van der Waals surface area contributed by atoms with Crippen LogP contribution in [0.4, 0.5) is 0 Å². The van der Waals surface area contributed by atoms with Gasteiger partial charge in [-0.3, -0.25) is 4.79 Å². The maximum absolute atomic E-state index is 12.8. The summed E-state index contributed by atoms with van der Waals surface area (Å²) >= 11 is 7.67. The number of halogens is 1. The number of aryl methyl sites for hydroxylation is 1. The molecule has 0 aliphatic carbocycles. The van der Waals surface area contributed by atoms with Crippen LogP contribution in [0.5, 0.6) is 0 Å². The lowest BCUT2D eigenvalue weighted by Crippen LogP contribution is -2.34. The van der Waals surface area contributed by atoms with Crippen molar-refractivity contribution in [3.05, 3.63) is 39.9 Å². The monoisotopic (exact) mass is 349 g/mol. The van der Waals surface area contributed by atoms with E-state index in [1.165, 1.54) is 11.3 Å². The van der Waals surface area contributed by atoms with Gasteiger partial charge in [-0.15, -0.1) is 11.3 Å². The number of hydrogen-bond donors (Lipinski definition) is 1. The first-order valence-corrected chi connectivity index (χ1v) is 9.04. The third kappa shape index (κ3) is 3.42. The lowest BCUT2D eigenvalue weighted by atomic mass is 10.2. The molecule has 1 fully saturated rings. The van der Waals surface area contributed by atoms with Gasteiger partial charge >= 0.3 is 0 Å². The number of benzene rings is 1. The molecular formula is C17H20ClN3OS. The van der Waals surface area contributed by atoms with E-state index < -0.39 is 0 Å². The first kappa shape index (κ1) is 16.4. The van der Waals surface area contributed by atoms with Gasteiger partial charge in [0.1, 0.15) is 9.88 Å². The minimum Gasteiger partial charge on any atom is -0.336 e. The summed E-state index contributed by atoms with van der Waals surface area (Å²) in [7, 11) is 0. The number of likely N-dealkylation sites (N-methyl/N-ethyl adjacent to an activating group) is 1. The zero-order valence-electron chi connectivity index (χ0n) is 13.3. The van der Waals surface area contributed by atoms with Crippen molar-refractivity contribution in [2.75, 3.05) is 19.6 Å².